The second-order valence-electron chi connectivity index (χ2n) is 4.87. The number of para-hydroxylation sites is 1. The van der Waals surface area contributed by atoms with E-state index in [4.69, 9.17) is 4.74 Å². The molecule has 1 N–H and O–H groups in total. The summed E-state index contributed by atoms with van der Waals surface area (Å²) in [5.41, 5.74) is -0.711. The van der Waals surface area contributed by atoms with Crippen molar-refractivity contribution in [1.29, 1.82) is 0 Å². The maximum atomic E-state index is 12.8. The fourth-order valence-corrected chi connectivity index (χ4v) is 2.37. The van der Waals surface area contributed by atoms with E-state index in [0.717, 1.165) is 31.9 Å². The molecule has 1 saturated heterocycles. The lowest BCUT2D eigenvalue weighted by Crippen LogP contribution is -2.44. The Morgan fingerprint density at radius 1 is 1.26 bits per heavy atom. The first-order chi connectivity index (χ1) is 8.98. The van der Waals surface area contributed by atoms with Gasteiger partial charge >= 0.3 is 6.18 Å². The van der Waals surface area contributed by atoms with E-state index < -0.39 is 11.7 Å². The van der Waals surface area contributed by atoms with Gasteiger partial charge in [-0.1, -0.05) is 18.6 Å². The number of hydrogen-bond acceptors (Lipinski definition) is 2. The molecule has 19 heavy (non-hydrogen) atoms. The molecule has 1 aliphatic heterocycles. The molecule has 0 aliphatic carbocycles. The zero-order chi connectivity index (χ0) is 13.9. The molecule has 0 amide bonds. The molecule has 1 aromatic rings. The van der Waals surface area contributed by atoms with Crippen molar-refractivity contribution >= 4 is 0 Å². The van der Waals surface area contributed by atoms with Crippen LogP contribution in [0, 0.1) is 0 Å². The van der Waals surface area contributed by atoms with Crippen LogP contribution in [-0.2, 0) is 6.18 Å². The van der Waals surface area contributed by atoms with Crippen LogP contribution < -0.4 is 10.1 Å². The molecule has 0 aromatic heterocycles. The van der Waals surface area contributed by atoms with Crippen LogP contribution in [0.15, 0.2) is 24.3 Å². The number of hydrogen-bond donors (Lipinski definition) is 1. The Balaban J connectivity index is 2.10. The lowest BCUT2D eigenvalue weighted by Gasteiger charge is -2.30. The fourth-order valence-electron chi connectivity index (χ4n) is 2.37. The smallest absolute Gasteiger partial charge is 0.419 e. The average molecular weight is 273 g/mol. The Bertz CT molecular complexity index is 413. The van der Waals surface area contributed by atoms with Gasteiger partial charge in [-0.15, -0.1) is 0 Å². The van der Waals surface area contributed by atoms with E-state index in [9.17, 15) is 13.2 Å². The molecule has 1 heterocycles. The van der Waals surface area contributed by atoms with Gasteiger partial charge in [-0.05, 0) is 38.4 Å². The van der Waals surface area contributed by atoms with E-state index in [1.54, 1.807) is 6.07 Å². The number of benzene rings is 1. The van der Waals surface area contributed by atoms with Crippen molar-refractivity contribution in [3.63, 3.8) is 0 Å². The highest BCUT2D eigenvalue weighted by Gasteiger charge is 2.35. The van der Waals surface area contributed by atoms with Gasteiger partial charge in [0.25, 0.3) is 0 Å². The van der Waals surface area contributed by atoms with E-state index in [1.165, 1.54) is 12.1 Å². The third-order valence-corrected chi connectivity index (χ3v) is 3.42. The van der Waals surface area contributed by atoms with Crippen molar-refractivity contribution in [3.8, 4) is 5.75 Å². The van der Waals surface area contributed by atoms with Gasteiger partial charge < -0.3 is 10.1 Å². The van der Waals surface area contributed by atoms with Crippen LogP contribution in [0.3, 0.4) is 0 Å². The summed E-state index contributed by atoms with van der Waals surface area (Å²) in [6, 6.07) is 5.48. The predicted molar refractivity (Wildman–Crippen MR) is 67.2 cm³/mol. The summed E-state index contributed by atoms with van der Waals surface area (Å²) < 4.78 is 44.1. The summed E-state index contributed by atoms with van der Waals surface area (Å²) in [4.78, 5) is 0. The molecule has 0 spiro atoms. The summed E-state index contributed by atoms with van der Waals surface area (Å²) in [5.74, 6) is -0.0881. The first kappa shape index (κ1) is 14.2. The van der Waals surface area contributed by atoms with Gasteiger partial charge in [0.05, 0.1) is 5.56 Å². The topological polar surface area (TPSA) is 21.3 Å². The third-order valence-electron chi connectivity index (χ3n) is 3.42. The second kappa shape index (κ2) is 5.82. The van der Waals surface area contributed by atoms with Crippen LogP contribution in [-0.4, -0.2) is 18.7 Å². The Morgan fingerprint density at radius 3 is 2.63 bits per heavy atom. The van der Waals surface area contributed by atoms with E-state index in [1.807, 2.05) is 6.92 Å². The summed E-state index contributed by atoms with van der Waals surface area (Å²) in [5, 5.41) is 3.29. The number of alkyl halides is 3. The highest BCUT2D eigenvalue weighted by atomic mass is 19.4. The lowest BCUT2D eigenvalue weighted by molar-refractivity contribution is -0.139. The normalized spacial score (nSPS) is 22.0. The zero-order valence-corrected chi connectivity index (χ0v) is 10.8. The van der Waals surface area contributed by atoms with E-state index in [2.05, 4.69) is 5.32 Å². The second-order valence-corrected chi connectivity index (χ2v) is 4.87. The Labute approximate surface area is 111 Å². The molecule has 1 fully saturated rings. The number of halogens is 3. The molecule has 0 saturated carbocycles. The number of nitrogens with one attached hydrogen (secondary N) is 1. The number of ether oxygens (including phenoxy) is 1. The molecular weight excluding hydrogens is 255 g/mol. The molecule has 2 atom stereocenters. The molecule has 1 aromatic carbocycles. The van der Waals surface area contributed by atoms with E-state index in [-0.39, 0.29) is 17.9 Å². The summed E-state index contributed by atoms with van der Waals surface area (Å²) in [6.45, 7) is 2.72. The van der Waals surface area contributed by atoms with Gasteiger partial charge in [0.1, 0.15) is 11.9 Å². The molecule has 1 aliphatic rings. The lowest BCUT2D eigenvalue weighted by atomic mass is 10.0. The van der Waals surface area contributed by atoms with E-state index in [0.29, 0.717) is 0 Å². The van der Waals surface area contributed by atoms with Crippen molar-refractivity contribution in [2.45, 2.75) is 44.5 Å². The minimum Gasteiger partial charge on any atom is -0.488 e. The van der Waals surface area contributed by atoms with Crippen LogP contribution in [0.5, 0.6) is 5.75 Å². The predicted octanol–water partition coefficient (Wildman–Crippen LogP) is 3.61. The Kier molecular flexibility index (Phi) is 4.34. The van der Waals surface area contributed by atoms with Crippen LogP contribution >= 0.6 is 0 Å². The molecule has 2 rings (SSSR count). The zero-order valence-electron chi connectivity index (χ0n) is 10.8. The van der Waals surface area contributed by atoms with Gasteiger partial charge in [-0.2, -0.15) is 13.2 Å². The minimum absolute atomic E-state index is 0.0881. The van der Waals surface area contributed by atoms with Crippen molar-refractivity contribution in [3.05, 3.63) is 29.8 Å². The molecule has 2 nitrogen and oxygen atoms in total. The van der Waals surface area contributed by atoms with Crippen molar-refractivity contribution < 1.29 is 17.9 Å². The molecule has 5 heteroatoms. The van der Waals surface area contributed by atoms with Crippen molar-refractivity contribution in [1.82, 2.24) is 5.32 Å². The number of piperidine rings is 1. The fraction of sp³-hybridized carbons (Fsp3) is 0.571. The van der Waals surface area contributed by atoms with Gasteiger partial charge in [-0.3, -0.25) is 0 Å². The van der Waals surface area contributed by atoms with Crippen LogP contribution in [0.25, 0.3) is 0 Å². The van der Waals surface area contributed by atoms with Gasteiger partial charge in [-0.25, -0.2) is 0 Å². The standard InChI is InChI=1S/C14H18F3NO/c1-10(12-7-4-5-9-18-12)19-13-8-3-2-6-11(13)14(15,16)17/h2-3,6,8,10,12,18H,4-5,7,9H2,1H3. The van der Waals surface area contributed by atoms with Crippen molar-refractivity contribution in [2.24, 2.45) is 0 Å². The average Bonchev–Trinajstić information content (AvgIpc) is 2.39. The summed E-state index contributed by atoms with van der Waals surface area (Å²) in [6.07, 6.45) is -1.51. The summed E-state index contributed by atoms with van der Waals surface area (Å²) >= 11 is 0. The first-order valence-corrected chi connectivity index (χ1v) is 6.55. The first-order valence-electron chi connectivity index (χ1n) is 6.55. The molecular formula is C14H18F3NO. The van der Waals surface area contributed by atoms with Crippen molar-refractivity contribution in [2.75, 3.05) is 6.54 Å². The highest BCUT2D eigenvalue weighted by Crippen LogP contribution is 2.36. The van der Waals surface area contributed by atoms with Gasteiger partial charge in [0, 0.05) is 6.04 Å². The van der Waals surface area contributed by atoms with Crippen LogP contribution in [0.2, 0.25) is 0 Å². The van der Waals surface area contributed by atoms with Crippen LogP contribution in [0.1, 0.15) is 31.7 Å². The molecule has 0 radical (unpaired) electrons. The van der Waals surface area contributed by atoms with Gasteiger partial charge in [0.2, 0.25) is 0 Å². The largest absolute Gasteiger partial charge is 0.488 e. The third kappa shape index (κ3) is 3.62. The number of rotatable bonds is 3. The minimum atomic E-state index is -4.38. The van der Waals surface area contributed by atoms with Crippen LogP contribution in [0.4, 0.5) is 13.2 Å². The molecule has 0 bridgehead atoms. The monoisotopic (exact) mass is 273 g/mol. The van der Waals surface area contributed by atoms with E-state index >= 15 is 0 Å². The van der Waals surface area contributed by atoms with Gasteiger partial charge in [0.15, 0.2) is 0 Å². The highest BCUT2D eigenvalue weighted by molar-refractivity contribution is 5.35. The maximum absolute atomic E-state index is 12.8. The summed E-state index contributed by atoms with van der Waals surface area (Å²) in [7, 11) is 0. The Hall–Kier alpha value is -1.23. The SMILES string of the molecule is CC(Oc1ccccc1C(F)(F)F)C1CCCCN1. The molecule has 2 unspecified atom stereocenters. The quantitative estimate of drug-likeness (QED) is 0.908. The Morgan fingerprint density at radius 2 is 2.00 bits per heavy atom. The maximum Gasteiger partial charge on any atom is 0.419 e. The molecule has 106 valence electrons.